The summed E-state index contributed by atoms with van der Waals surface area (Å²) in [5.74, 6) is 0.671. The minimum atomic E-state index is -0.179. The van der Waals surface area contributed by atoms with Crippen molar-refractivity contribution in [1.82, 2.24) is 15.2 Å². The number of pyridine rings is 1. The molecule has 0 saturated carbocycles. The molecule has 1 aromatic carbocycles. The molecule has 0 unspecified atom stereocenters. The van der Waals surface area contributed by atoms with Crippen LogP contribution >= 0.6 is 0 Å². The van der Waals surface area contributed by atoms with Gasteiger partial charge in [0.25, 0.3) is 0 Å². The van der Waals surface area contributed by atoms with Gasteiger partial charge in [0.1, 0.15) is 0 Å². The molecular weight excluding hydrogens is 300 g/mol. The zero-order valence-corrected chi connectivity index (χ0v) is 13.8. The lowest BCUT2D eigenvalue weighted by Gasteiger charge is -2.32. The molecule has 3 rings (SSSR count). The number of urea groups is 1. The number of benzene rings is 1. The third-order valence-corrected chi connectivity index (χ3v) is 4.49. The van der Waals surface area contributed by atoms with Gasteiger partial charge in [-0.05, 0) is 49.5 Å². The number of anilines is 1. The number of likely N-dealkylation sites (tertiary alicyclic amines) is 1. The normalized spacial score (nSPS) is 15.8. The Kier molecular flexibility index (Phi) is 5.80. The molecular formula is C19H24N4O. The van der Waals surface area contributed by atoms with Gasteiger partial charge in [-0.15, -0.1) is 0 Å². The van der Waals surface area contributed by atoms with Crippen LogP contribution in [0.3, 0.4) is 0 Å². The second-order valence-electron chi connectivity index (χ2n) is 6.15. The SMILES string of the molecule is O=C(NCCN1CCC(c2ccccc2)CC1)Nc1cccnc1. The second kappa shape index (κ2) is 8.45. The summed E-state index contributed by atoms with van der Waals surface area (Å²) >= 11 is 0. The van der Waals surface area contributed by atoms with Crippen LogP contribution in [0.1, 0.15) is 24.3 Å². The zero-order valence-electron chi connectivity index (χ0n) is 13.8. The largest absolute Gasteiger partial charge is 0.337 e. The van der Waals surface area contributed by atoms with Crippen LogP contribution in [0.5, 0.6) is 0 Å². The fraction of sp³-hybridized carbons (Fsp3) is 0.368. The summed E-state index contributed by atoms with van der Waals surface area (Å²) in [4.78, 5) is 18.2. The van der Waals surface area contributed by atoms with Crippen LogP contribution < -0.4 is 10.6 Å². The van der Waals surface area contributed by atoms with Crippen molar-refractivity contribution in [1.29, 1.82) is 0 Å². The second-order valence-corrected chi connectivity index (χ2v) is 6.15. The van der Waals surface area contributed by atoms with Crippen molar-refractivity contribution in [3.8, 4) is 0 Å². The minimum Gasteiger partial charge on any atom is -0.337 e. The van der Waals surface area contributed by atoms with E-state index in [2.05, 4.69) is 50.8 Å². The van der Waals surface area contributed by atoms with Gasteiger partial charge in [0.2, 0.25) is 0 Å². The average Bonchev–Trinajstić information content (AvgIpc) is 2.64. The third-order valence-electron chi connectivity index (χ3n) is 4.49. The third kappa shape index (κ3) is 4.80. The van der Waals surface area contributed by atoms with Gasteiger partial charge in [0, 0.05) is 19.3 Å². The first kappa shape index (κ1) is 16.5. The number of aromatic nitrogens is 1. The zero-order chi connectivity index (χ0) is 16.6. The number of piperidine rings is 1. The van der Waals surface area contributed by atoms with Gasteiger partial charge < -0.3 is 15.5 Å². The molecule has 0 radical (unpaired) electrons. The summed E-state index contributed by atoms with van der Waals surface area (Å²) in [6.07, 6.45) is 5.69. The Morgan fingerprint density at radius 3 is 2.62 bits per heavy atom. The Morgan fingerprint density at radius 1 is 1.12 bits per heavy atom. The van der Waals surface area contributed by atoms with Crippen molar-refractivity contribution >= 4 is 11.7 Å². The number of hydrogen-bond acceptors (Lipinski definition) is 3. The number of carbonyl (C=O) groups excluding carboxylic acids is 1. The highest BCUT2D eigenvalue weighted by Gasteiger charge is 2.20. The Morgan fingerprint density at radius 2 is 1.92 bits per heavy atom. The molecule has 0 spiro atoms. The van der Waals surface area contributed by atoms with Crippen LogP contribution in [0.15, 0.2) is 54.9 Å². The Bertz CT molecular complexity index is 624. The molecule has 2 N–H and O–H groups in total. The predicted octanol–water partition coefficient (Wildman–Crippen LogP) is 3.08. The predicted molar refractivity (Wildman–Crippen MR) is 96.1 cm³/mol. The summed E-state index contributed by atoms with van der Waals surface area (Å²) in [6, 6.07) is 14.2. The lowest BCUT2D eigenvalue weighted by molar-refractivity contribution is 0.211. The molecule has 0 atom stereocenters. The minimum absolute atomic E-state index is 0.179. The van der Waals surface area contributed by atoms with Gasteiger partial charge in [-0.3, -0.25) is 4.98 Å². The lowest BCUT2D eigenvalue weighted by atomic mass is 9.89. The van der Waals surface area contributed by atoms with Crippen molar-refractivity contribution in [3.05, 3.63) is 60.4 Å². The Balaban J connectivity index is 1.34. The number of amides is 2. The van der Waals surface area contributed by atoms with E-state index < -0.39 is 0 Å². The summed E-state index contributed by atoms with van der Waals surface area (Å²) in [7, 11) is 0. The standard InChI is InChI=1S/C19H24N4O/c24-19(22-18-7-4-10-20-15-18)21-11-14-23-12-8-17(9-13-23)16-5-2-1-3-6-16/h1-7,10,15,17H,8-9,11-14H2,(H2,21,22,24). The molecule has 5 heteroatoms. The monoisotopic (exact) mass is 324 g/mol. The molecule has 2 amide bonds. The van der Waals surface area contributed by atoms with E-state index in [4.69, 9.17) is 0 Å². The van der Waals surface area contributed by atoms with Gasteiger partial charge >= 0.3 is 6.03 Å². The topological polar surface area (TPSA) is 57.3 Å². The molecule has 24 heavy (non-hydrogen) atoms. The van der Waals surface area contributed by atoms with Crippen molar-refractivity contribution in [2.45, 2.75) is 18.8 Å². The van der Waals surface area contributed by atoms with Crippen molar-refractivity contribution < 1.29 is 4.79 Å². The highest BCUT2D eigenvalue weighted by atomic mass is 16.2. The average molecular weight is 324 g/mol. The molecule has 0 bridgehead atoms. The van der Waals surface area contributed by atoms with Gasteiger partial charge in [-0.25, -0.2) is 4.79 Å². The van der Waals surface area contributed by atoms with E-state index in [1.807, 2.05) is 6.07 Å². The molecule has 1 fully saturated rings. The molecule has 1 saturated heterocycles. The fourth-order valence-electron chi connectivity index (χ4n) is 3.15. The number of nitrogens with zero attached hydrogens (tertiary/aromatic N) is 2. The first-order valence-electron chi connectivity index (χ1n) is 8.53. The maximum absolute atomic E-state index is 11.8. The molecule has 1 aliphatic heterocycles. The van der Waals surface area contributed by atoms with Crippen LogP contribution in [-0.2, 0) is 0 Å². The van der Waals surface area contributed by atoms with Gasteiger partial charge in [0.05, 0.1) is 11.9 Å². The molecule has 5 nitrogen and oxygen atoms in total. The van der Waals surface area contributed by atoms with Crippen LogP contribution in [0.2, 0.25) is 0 Å². The van der Waals surface area contributed by atoms with E-state index in [1.54, 1.807) is 18.5 Å². The summed E-state index contributed by atoms with van der Waals surface area (Å²) in [6.45, 7) is 3.72. The smallest absolute Gasteiger partial charge is 0.319 e. The number of nitrogens with one attached hydrogen (secondary N) is 2. The fourth-order valence-corrected chi connectivity index (χ4v) is 3.15. The highest BCUT2D eigenvalue weighted by molar-refractivity contribution is 5.88. The molecule has 2 aromatic rings. The van der Waals surface area contributed by atoms with E-state index in [1.165, 1.54) is 18.4 Å². The van der Waals surface area contributed by atoms with Gasteiger partial charge in [-0.2, -0.15) is 0 Å². The van der Waals surface area contributed by atoms with Crippen LogP contribution in [0, 0.1) is 0 Å². The van der Waals surface area contributed by atoms with Crippen molar-refractivity contribution in [2.24, 2.45) is 0 Å². The maximum Gasteiger partial charge on any atom is 0.319 e. The molecule has 2 heterocycles. The van der Waals surface area contributed by atoms with Gasteiger partial charge in [0.15, 0.2) is 0 Å². The number of rotatable bonds is 5. The number of carbonyl (C=O) groups is 1. The van der Waals surface area contributed by atoms with E-state index in [9.17, 15) is 4.79 Å². The van der Waals surface area contributed by atoms with Crippen LogP contribution in [0.25, 0.3) is 0 Å². The Hall–Kier alpha value is -2.40. The molecule has 1 aromatic heterocycles. The molecule has 0 aliphatic carbocycles. The van der Waals surface area contributed by atoms with Gasteiger partial charge in [-0.1, -0.05) is 30.3 Å². The molecule has 126 valence electrons. The first-order chi connectivity index (χ1) is 11.8. The molecule has 1 aliphatic rings. The van der Waals surface area contributed by atoms with Crippen molar-refractivity contribution in [3.63, 3.8) is 0 Å². The van der Waals surface area contributed by atoms with Crippen molar-refractivity contribution in [2.75, 3.05) is 31.5 Å². The quantitative estimate of drug-likeness (QED) is 0.888. The first-order valence-corrected chi connectivity index (χ1v) is 8.53. The van der Waals surface area contributed by atoms with E-state index in [0.29, 0.717) is 18.2 Å². The van der Waals surface area contributed by atoms with Crippen LogP contribution in [-0.4, -0.2) is 42.1 Å². The van der Waals surface area contributed by atoms with E-state index >= 15 is 0 Å². The van der Waals surface area contributed by atoms with E-state index in [0.717, 1.165) is 19.6 Å². The summed E-state index contributed by atoms with van der Waals surface area (Å²) in [5, 5.41) is 5.68. The highest BCUT2D eigenvalue weighted by Crippen LogP contribution is 2.27. The lowest BCUT2D eigenvalue weighted by Crippen LogP contribution is -2.40. The Labute approximate surface area is 143 Å². The van der Waals surface area contributed by atoms with Crippen LogP contribution in [0.4, 0.5) is 10.5 Å². The maximum atomic E-state index is 11.8. The summed E-state index contributed by atoms with van der Waals surface area (Å²) in [5.41, 5.74) is 2.16. The number of hydrogen-bond donors (Lipinski definition) is 2. The van der Waals surface area contributed by atoms with E-state index in [-0.39, 0.29) is 6.03 Å². The summed E-state index contributed by atoms with van der Waals surface area (Å²) < 4.78 is 0.